The highest BCUT2D eigenvalue weighted by atomic mass is 79.9. The maximum Gasteiger partial charge on any atom is 0.273 e. The Kier molecular flexibility index (Phi) is 4.46. The monoisotopic (exact) mass is 362 g/mol. The van der Waals surface area contributed by atoms with Crippen molar-refractivity contribution in [1.82, 2.24) is 4.72 Å². The Balaban J connectivity index is 2.10. The van der Waals surface area contributed by atoms with Gasteiger partial charge in [-0.25, -0.2) is 17.5 Å². The zero-order valence-electron chi connectivity index (χ0n) is 10.5. The molecule has 0 radical (unpaired) electrons. The first kappa shape index (κ1) is 15.0. The van der Waals surface area contributed by atoms with Crippen LogP contribution >= 0.6 is 15.9 Å². The molecule has 2 rings (SSSR count). The van der Waals surface area contributed by atoms with E-state index in [9.17, 15) is 12.8 Å². The van der Waals surface area contributed by atoms with Gasteiger partial charge in [0.15, 0.2) is 0 Å². The van der Waals surface area contributed by atoms with Crippen molar-refractivity contribution in [2.24, 2.45) is 0 Å². The lowest BCUT2D eigenvalue weighted by Crippen LogP contribution is -2.17. The van der Waals surface area contributed by atoms with E-state index in [4.69, 9.17) is 4.42 Å². The molecule has 8 heteroatoms. The number of halogens is 2. The molecule has 0 spiro atoms. The Morgan fingerprint density at radius 1 is 1.30 bits per heavy atom. The maximum atomic E-state index is 13.5. The van der Waals surface area contributed by atoms with Gasteiger partial charge >= 0.3 is 0 Å². The molecule has 0 saturated heterocycles. The van der Waals surface area contributed by atoms with Gasteiger partial charge in [0, 0.05) is 4.47 Å². The highest BCUT2D eigenvalue weighted by Gasteiger charge is 2.16. The first-order chi connectivity index (χ1) is 9.42. The summed E-state index contributed by atoms with van der Waals surface area (Å²) >= 11 is 3.24. The Morgan fingerprint density at radius 3 is 2.75 bits per heavy atom. The lowest BCUT2D eigenvalue weighted by Gasteiger charge is -2.06. The molecule has 108 valence electrons. The zero-order valence-corrected chi connectivity index (χ0v) is 12.9. The van der Waals surface area contributed by atoms with Crippen molar-refractivity contribution in [2.45, 2.75) is 11.6 Å². The first-order valence-corrected chi connectivity index (χ1v) is 7.91. The number of nitrogens with one attached hydrogen (secondary N) is 2. The highest BCUT2D eigenvalue weighted by molar-refractivity contribution is 9.10. The van der Waals surface area contributed by atoms with Gasteiger partial charge in [-0.3, -0.25) is 0 Å². The van der Waals surface area contributed by atoms with E-state index >= 15 is 0 Å². The van der Waals surface area contributed by atoms with Crippen LogP contribution in [0.25, 0.3) is 0 Å². The molecule has 0 aliphatic rings. The average molecular weight is 363 g/mol. The Morgan fingerprint density at radius 2 is 2.05 bits per heavy atom. The van der Waals surface area contributed by atoms with Crippen molar-refractivity contribution >= 4 is 31.6 Å². The molecule has 0 unspecified atom stereocenters. The molecular formula is C12H12BrFN2O3S. The molecule has 2 aromatic rings. The average Bonchev–Trinajstić information content (AvgIpc) is 2.89. The lowest BCUT2D eigenvalue weighted by molar-refractivity contribution is 0.417. The Labute approximate surface area is 124 Å². The van der Waals surface area contributed by atoms with Crippen molar-refractivity contribution in [3.63, 3.8) is 0 Å². The Hall–Kier alpha value is -1.38. The van der Waals surface area contributed by atoms with Crippen LogP contribution in [0.2, 0.25) is 0 Å². The minimum absolute atomic E-state index is 0.173. The number of furan rings is 1. The third-order valence-electron chi connectivity index (χ3n) is 2.55. The minimum Gasteiger partial charge on any atom is -0.446 e. The van der Waals surface area contributed by atoms with E-state index in [1.165, 1.54) is 25.2 Å². The number of benzene rings is 1. The Bertz CT molecular complexity index is 715. The molecule has 0 saturated carbocycles. The first-order valence-electron chi connectivity index (χ1n) is 5.63. The van der Waals surface area contributed by atoms with Crippen LogP contribution in [0.15, 0.2) is 44.3 Å². The van der Waals surface area contributed by atoms with Crippen LogP contribution < -0.4 is 10.0 Å². The van der Waals surface area contributed by atoms with Gasteiger partial charge in [0.1, 0.15) is 11.6 Å². The van der Waals surface area contributed by atoms with Gasteiger partial charge in [-0.05, 0) is 37.4 Å². The molecule has 0 aliphatic carbocycles. The van der Waals surface area contributed by atoms with Gasteiger partial charge in [0.05, 0.1) is 12.2 Å². The zero-order chi connectivity index (χ0) is 14.8. The van der Waals surface area contributed by atoms with Crippen LogP contribution in [-0.2, 0) is 16.6 Å². The summed E-state index contributed by atoms with van der Waals surface area (Å²) in [6.45, 7) is 0.173. The quantitative estimate of drug-likeness (QED) is 0.857. The van der Waals surface area contributed by atoms with Crippen LogP contribution in [0.1, 0.15) is 5.76 Å². The van der Waals surface area contributed by atoms with Gasteiger partial charge in [-0.2, -0.15) is 0 Å². The summed E-state index contributed by atoms with van der Waals surface area (Å²) in [7, 11) is -2.30. The number of rotatable bonds is 5. The molecule has 0 amide bonds. The summed E-state index contributed by atoms with van der Waals surface area (Å²) in [6.07, 6.45) is 0. The largest absolute Gasteiger partial charge is 0.446 e. The maximum absolute atomic E-state index is 13.5. The van der Waals surface area contributed by atoms with Crippen LogP contribution in [-0.4, -0.2) is 15.5 Å². The summed E-state index contributed by atoms with van der Waals surface area (Å²) in [5, 5.41) is 2.66. The molecule has 0 bridgehead atoms. The highest BCUT2D eigenvalue weighted by Crippen LogP contribution is 2.21. The molecule has 1 aromatic carbocycles. The number of hydrogen-bond acceptors (Lipinski definition) is 4. The predicted molar refractivity (Wildman–Crippen MR) is 76.4 cm³/mol. The van der Waals surface area contributed by atoms with Crippen molar-refractivity contribution in [3.8, 4) is 0 Å². The van der Waals surface area contributed by atoms with Crippen molar-refractivity contribution in [2.75, 3.05) is 12.4 Å². The van der Waals surface area contributed by atoms with E-state index < -0.39 is 15.8 Å². The summed E-state index contributed by atoms with van der Waals surface area (Å²) < 4.78 is 44.6. The SMILES string of the molecule is CNS(=O)(=O)c1ccc(CNc2cc(Br)ccc2F)o1. The summed E-state index contributed by atoms with van der Waals surface area (Å²) in [4.78, 5) is 0. The van der Waals surface area contributed by atoms with Gasteiger partial charge < -0.3 is 9.73 Å². The third kappa shape index (κ3) is 3.38. The van der Waals surface area contributed by atoms with E-state index in [1.807, 2.05) is 0 Å². The van der Waals surface area contributed by atoms with Gasteiger partial charge in [-0.15, -0.1) is 0 Å². The number of hydrogen-bond donors (Lipinski definition) is 2. The van der Waals surface area contributed by atoms with Crippen LogP contribution in [0.4, 0.5) is 10.1 Å². The molecular weight excluding hydrogens is 351 g/mol. The van der Waals surface area contributed by atoms with Crippen LogP contribution in [0, 0.1) is 5.82 Å². The smallest absolute Gasteiger partial charge is 0.273 e. The normalized spacial score (nSPS) is 11.6. The van der Waals surface area contributed by atoms with Crippen molar-refractivity contribution in [1.29, 1.82) is 0 Å². The standard InChI is InChI=1S/C12H12BrFN2O3S/c1-15-20(17,18)12-5-3-9(19-12)7-16-11-6-8(13)2-4-10(11)14/h2-6,15-16H,7H2,1H3. The topological polar surface area (TPSA) is 71.3 Å². The molecule has 0 atom stereocenters. The molecule has 0 aliphatic heterocycles. The molecule has 1 heterocycles. The number of anilines is 1. The molecule has 1 aromatic heterocycles. The molecule has 2 N–H and O–H groups in total. The second-order valence-corrected chi connectivity index (χ2v) is 6.64. The van der Waals surface area contributed by atoms with E-state index in [0.29, 0.717) is 11.4 Å². The summed E-state index contributed by atoms with van der Waals surface area (Å²) in [5.74, 6) is -0.0129. The fraction of sp³-hybridized carbons (Fsp3) is 0.167. The summed E-state index contributed by atoms with van der Waals surface area (Å²) in [5.41, 5.74) is 0.300. The van der Waals surface area contributed by atoms with Crippen molar-refractivity contribution < 1.29 is 17.2 Å². The van der Waals surface area contributed by atoms with E-state index in [-0.39, 0.29) is 11.6 Å². The van der Waals surface area contributed by atoms with Crippen molar-refractivity contribution in [3.05, 3.63) is 46.4 Å². The van der Waals surface area contributed by atoms with Crippen LogP contribution in [0.3, 0.4) is 0 Å². The van der Waals surface area contributed by atoms with E-state index in [1.54, 1.807) is 12.1 Å². The van der Waals surface area contributed by atoms with Crippen LogP contribution in [0.5, 0.6) is 0 Å². The second-order valence-electron chi connectivity index (χ2n) is 3.91. The fourth-order valence-electron chi connectivity index (χ4n) is 1.51. The van der Waals surface area contributed by atoms with Gasteiger partial charge in [-0.1, -0.05) is 15.9 Å². The molecule has 20 heavy (non-hydrogen) atoms. The number of sulfonamides is 1. The molecule has 0 fully saturated rings. The van der Waals surface area contributed by atoms with E-state index in [0.717, 1.165) is 4.47 Å². The fourth-order valence-corrected chi connectivity index (χ4v) is 2.54. The second kappa shape index (κ2) is 5.94. The predicted octanol–water partition coefficient (Wildman–Crippen LogP) is 2.70. The summed E-state index contributed by atoms with van der Waals surface area (Å²) in [6, 6.07) is 7.37. The van der Waals surface area contributed by atoms with Gasteiger partial charge in [0.25, 0.3) is 10.0 Å². The lowest BCUT2D eigenvalue weighted by atomic mass is 10.3. The molecule has 5 nitrogen and oxygen atoms in total. The minimum atomic E-state index is -3.60. The van der Waals surface area contributed by atoms with Gasteiger partial charge in [0.2, 0.25) is 5.09 Å². The van der Waals surface area contributed by atoms with E-state index in [2.05, 4.69) is 26.0 Å². The third-order valence-corrected chi connectivity index (χ3v) is 4.33.